The first-order valence-electron chi connectivity index (χ1n) is 7.38. The minimum absolute atomic E-state index is 0.367. The lowest BCUT2D eigenvalue weighted by molar-refractivity contribution is -0.137. The number of hydrogen-bond donors (Lipinski definition) is 1. The van der Waals surface area contributed by atoms with Crippen LogP contribution in [-0.4, -0.2) is 23.1 Å². The maximum absolute atomic E-state index is 12.6. The van der Waals surface area contributed by atoms with Crippen LogP contribution in [0.1, 0.15) is 25.1 Å². The summed E-state index contributed by atoms with van der Waals surface area (Å²) in [6.45, 7) is 7.54. The Hall–Kier alpha value is -2.31. The van der Waals surface area contributed by atoms with Gasteiger partial charge < -0.3 is 10.2 Å². The second kappa shape index (κ2) is 6.85. The summed E-state index contributed by atoms with van der Waals surface area (Å²) in [7, 11) is 0. The van der Waals surface area contributed by atoms with E-state index in [-0.39, 0.29) is 0 Å². The van der Waals surface area contributed by atoms with E-state index in [4.69, 9.17) is 0 Å². The molecule has 0 bridgehead atoms. The SMILES string of the molecule is CCN(CC)c1cc(C)nc(Nc2ccc(C(F)(F)F)cc2)n1. The Morgan fingerprint density at radius 3 is 2.17 bits per heavy atom. The fourth-order valence-corrected chi connectivity index (χ4v) is 2.19. The van der Waals surface area contributed by atoms with Gasteiger partial charge in [-0.3, -0.25) is 0 Å². The highest BCUT2D eigenvalue weighted by Crippen LogP contribution is 2.30. The molecule has 1 aromatic carbocycles. The quantitative estimate of drug-likeness (QED) is 0.885. The number of hydrogen-bond acceptors (Lipinski definition) is 4. The van der Waals surface area contributed by atoms with Gasteiger partial charge in [-0.05, 0) is 45.0 Å². The summed E-state index contributed by atoms with van der Waals surface area (Å²) in [6.07, 6.45) is -4.34. The molecule has 124 valence electrons. The number of anilines is 3. The van der Waals surface area contributed by atoms with Crippen molar-refractivity contribution in [2.75, 3.05) is 23.3 Å². The van der Waals surface area contributed by atoms with E-state index >= 15 is 0 Å². The van der Waals surface area contributed by atoms with Crippen LogP contribution in [0, 0.1) is 6.92 Å². The molecule has 0 amide bonds. The summed E-state index contributed by atoms with van der Waals surface area (Å²) in [6, 6.07) is 6.68. The molecule has 0 saturated heterocycles. The molecule has 23 heavy (non-hydrogen) atoms. The second-order valence-electron chi connectivity index (χ2n) is 5.06. The van der Waals surface area contributed by atoms with Crippen LogP contribution in [0.5, 0.6) is 0 Å². The van der Waals surface area contributed by atoms with Crippen LogP contribution >= 0.6 is 0 Å². The maximum Gasteiger partial charge on any atom is 0.416 e. The van der Waals surface area contributed by atoms with Crippen LogP contribution in [0.3, 0.4) is 0 Å². The molecule has 0 unspecified atom stereocenters. The van der Waals surface area contributed by atoms with Crippen LogP contribution in [-0.2, 0) is 6.18 Å². The molecule has 0 atom stereocenters. The molecule has 0 saturated carbocycles. The van der Waals surface area contributed by atoms with Gasteiger partial charge in [-0.2, -0.15) is 18.2 Å². The molecule has 0 radical (unpaired) electrons. The third-order valence-electron chi connectivity index (χ3n) is 3.40. The van der Waals surface area contributed by atoms with Crippen LogP contribution in [0.25, 0.3) is 0 Å². The molecule has 2 aromatic rings. The average Bonchev–Trinajstić information content (AvgIpc) is 2.47. The van der Waals surface area contributed by atoms with Crippen molar-refractivity contribution in [1.29, 1.82) is 0 Å². The molecule has 7 heteroatoms. The summed E-state index contributed by atoms with van der Waals surface area (Å²) < 4.78 is 37.7. The maximum atomic E-state index is 12.6. The molecule has 4 nitrogen and oxygen atoms in total. The van der Waals surface area contributed by atoms with Crippen molar-refractivity contribution in [2.24, 2.45) is 0 Å². The van der Waals surface area contributed by atoms with Crippen LogP contribution in [0.2, 0.25) is 0 Å². The van der Waals surface area contributed by atoms with Crippen molar-refractivity contribution in [3.05, 3.63) is 41.6 Å². The Bertz CT molecular complexity index is 649. The summed E-state index contributed by atoms with van der Waals surface area (Å²) in [4.78, 5) is 10.8. The van der Waals surface area contributed by atoms with Gasteiger partial charge in [0.1, 0.15) is 5.82 Å². The fraction of sp³-hybridized carbons (Fsp3) is 0.375. The van der Waals surface area contributed by atoms with E-state index in [9.17, 15) is 13.2 Å². The van der Waals surface area contributed by atoms with Gasteiger partial charge in [0.15, 0.2) is 0 Å². The molecule has 0 spiro atoms. The van der Waals surface area contributed by atoms with Crippen molar-refractivity contribution in [1.82, 2.24) is 9.97 Å². The Morgan fingerprint density at radius 2 is 1.65 bits per heavy atom. The van der Waals surface area contributed by atoms with Gasteiger partial charge >= 0.3 is 6.18 Å². The van der Waals surface area contributed by atoms with Crippen LogP contribution in [0.15, 0.2) is 30.3 Å². The molecule has 1 aromatic heterocycles. The number of aromatic nitrogens is 2. The summed E-state index contributed by atoms with van der Waals surface area (Å²) >= 11 is 0. The van der Waals surface area contributed by atoms with E-state index in [1.54, 1.807) is 0 Å². The third-order valence-corrected chi connectivity index (χ3v) is 3.40. The van der Waals surface area contributed by atoms with Gasteiger partial charge in [-0.1, -0.05) is 0 Å². The average molecular weight is 324 g/mol. The first kappa shape index (κ1) is 17.1. The van der Waals surface area contributed by atoms with Gasteiger partial charge in [0.25, 0.3) is 0 Å². The topological polar surface area (TPSA) is 41.1 Å². The Morgan fingerprint density at radius 1 is 1.04 bits per heavy atom. The highest BCUT2D eigenvalue weighted by Gasteiger charge is 2.29. The standard InChI is InChI=1S/C16H19F3N4/c1-4-23(5-2)14-10-11(3)20-15(22-14)21-13-8-6-12(7-9-13)16(17,18)19/h6-10H,4-5H2,1-3H3,(H,20,21,22). The van der Waals surface area contributed by atoms with Gasteiger partial charge in [0.2, 0.25) is 5.95 Å². The van der Waals surface area contributed by atoms with Crippen molar-refractivity contribution in [3.63, 3.8) is 0 Å². The third kappa shape index (κ3) is 4.34. The van der Waals surface area contributed by atoms with Crippen molar-refractivity contribution in [3.8, 4) is 0 Å². The number of nitrogens with one attached hydrogen (secondary N) is 1. The number of aryl methyl sites for hydroxylation is 1. The van der Waals surface area contributed by atoms with Crippen molar-refractivity contribution in [2.45, 2.75) is 26.9 Å². The van der Waals surface area contributed by atoms with E-state index in [0.29, 0.717) is 11.6 Å². The van der Waals surface area contributed by atoms with Crippen molar-refractivity contribution < 1.29 is 13.2 Å². The van der Waals surface area contributed by atoms with E-state index in [0.717, 1.165) is 36.7 Å². The summed E-state index contributed by atoms with van der Waals surface area (Å²) in [5.41, 5.74) is 0.613. The van der Waals surface area contributed by atoms with E-state index in [1.165, 1.54) is 12.1 Å². The van der Waals surface area contributed by atoms with E-state index < -0.39 is 11.7 Å². The minimum atomic E-state index is -4.34. The molecule has 1 N–H and O–H groups in total. The minimum Gasteiger partial charge on any atom is -0.357 e. The molecular formula is C16H19F3N4. The lowest BCUT2D eigenvalue weighted by Crippen LogP contribution is -2.23. The van der Waals surface area contributed by atoms with E-state index in [2.05, 4.69) is 20.2 Å². The molecule has 1 heterocycles. The van der Waals surface area contributed by atoms with Gasteiger partial charge in [0.05, 0.1) is 5.56 Å². The molecular weight excluding hydrogens is 305 g/mol. The first-order chi connectivity index (χ1) is 10.8. The lowest BCUT2D eigenvalue weighted by Gasteiger charge is -2.20. The Balaban J connectivity index is 2.23. The fourth-order valence-electron chi connectivity index (χ4n) is 2.19. The summed E-state index contributed by atoms with van der Waals surface area (Å²) in [5, 5.41) is 2.95. The zero-order valence-corrected chi connectivity index (χ0v) is 13.3. The Labute approximate surface area is 133 Å². The second-order valence-corrected chi connectivity index (χ2v) is 5.06. The lowest BCUT2D eigenvalue weighted by atomic mass is 10.2. The number of rotatable bonds is 5. The smallest absolute Gasteiger partial charge is 0.357 e. The van der Waals surface area contributed by atoms with Gasteiger partial charge in [0, 0.05) is 30.5 Å². The predicted octanol–water partition coefficient (Wildman–Crippen LogP) is 4.39. The monoisotopic (exact) mass is 324 g/mol. The van der Waals surface area contributed by atoms with Crippen molar-refractivity contribution >= 4 is 17.5 Å². The first-order valence-corrected chi connectivity index (χ1v) is 7.38. The Kier molecular flexibility index (Phi) is 5.08. The number of halogens is 3. The molecule has 0 aliphatic heterocycles. The normalized spacial score (nSPS) is 11.4. The van der Waals surface area contributed by atoms with Gasteiger partial charge in [-0.25, -0.2) is 4.98 Å². The zero-order chi connectivity index (χ0) is 17.0. The molecule has 0 aliphatic carbocycles. The molecule has 0 aliphatic rings. The number of alkyl halides is 3. The molecule has 0 fully saturated rings. The molecule has 2 rings (SSSR count). The highest BCUT2D eigenvalue weighted by atomic mass is 19.4. The van der Waals surface area contributed by atoms with Crippen LogP contribution < -0.4 is 10.2 Å². The van der Waals surface area contributed by atoms with Crippen LogP contribution in [0.4, 0.5) is 30.6 Å². The summed E-state index contributed by atoms with van der Waals surface area (Å²) in [5.74, 6) is 1.16. The van der Waals surface area contributed by atoms with Gasteiger partial charge in [-0.15, -0.1) is 0 Å². The van der Waals surface area contributed by atoms with E-state index in [1.807, 2.05) is 26.8 Å². The zero-order valence-electron chi connectivity index (χ0n) is 13.3. The predicted molar refractivity (Wildman–Crippen MR) is 85.1 cm³/mol. The number of benzene rings is 1. The largest absolute Gasteiger partial charge is 0.416 e. The highest BCUT2D eigenvalue weighted by molar-refractivity contribution is 5.56. The number of nitrogens with zero attached hydrogens (tertiary/aromatic N) is 3.